The third-order valence-electron chi connectivity index (χ3n) is 5.04. The fourth-order valence-corrected chi connectivity index (χ4v) is 4.49. The van der Waals surface area contributed by atoms with E-state index in [1.165, 1.54) is 6.42 Å². The lowest BCUT2D eigenvalue weighted by Crippen LogP contribution is -2.28. The van der Waals surface area contributed by atoms with Gasteiger partial charge in [-0.15, -0.1) is 0 Å². The zero-order chi connectivity index (χ0) is 18.0. The van der Waals surface area contributed by atoms with E-state index in [1.54, 1.807) is 0 Å². The summed E-state index contributed by atoms with van der Waals surface area (Å²) in [5.41, 5.74) is 0. The van der Waals surface area contributed by atoms with Crippen molar-refractivity contribution < 1.29 is 18.9 Å². The van der Waals surface area contributed by atoms with Crippen LogP contribution >= 0.6 is 23.2 Å². The van der Waals surface area contributed by atoms with Gasteiger partial charge in [0.05, 0.1) is 6.10 Å². The molecule has 0 aromatic rings. The van der Waals surface area contributed by atoms with Crippen LogP contribution in [0.2, 0.25) is 0 Å². The van der Waals surface area contributed by atoms with E-state index in [0.29, 0.717) is 16.9 Å². The Morgan fingerprint density at radius 1 is 0.889 bits per heavy atom. The lowest BCUT2D eigenvalue weighted by Gasteiger charge is -2.19. The van der Waals surface area contributed by atoms with Crippen LogP contribution in [0.1, 0.15) is 49.0 Å². The Balaban J connectivity index is 0.000000181. The maximum atomic E-state index is 6.12. The molecule has 154 valence electrons. The van der Waals surface area contributed by atoms with E-state index < -0.39 is 11.6 Å². The standard InChI is InChI=1S/C10H13ClO2.C9H11ClO2.2CH4/c1-10(2)12-8-6-3-5(6)4-7(11)9(8)13-10;1-9(2)11-7-5-3-4-6(10)8(7)12-9;;/h4-6,8-9H,3H2,1-2H3;3-5,7-8H,1-2H3;2*1H4/t5-,6-,8+,9-;7-,8+;;/m10../s1. The van der Waals surface area contributed by atoms with Gasteiger partial charge in [-0.2, -0.15) is 0 Å². The summed E-state index contributed by atoms with van der Waals surface area (Å²) in [6.07, 6.45) is 9.14. The summed E-state index contributed by atoms with van der Waals surface area (Å²) in [5, 5.41) is 1.56. The Labute approximate surface area is 173 Å². The van der Waals surface area contributed by atoms with E-state index in [4.69, 9.17) is 42.1 Å². The van der Waals surface area contributed by atoms with Crippen molar-refractivity contribution in [2.45, 2.75) is 85.0 Å². The van der Waals surface area contributed by atoms with E-state index >= 15 is 0 Å². The van der Waals surface area contributed by atoms with E-state index in [2.05, 4.69) is 6.08 Å². The first-order valence-electron chi connectivity index (χ1n) is 8.78. The molecule has 2 heterocycles. The maximum Gasteiger partial charge on any atom is 0.164 e. The Bertz CT molecular complexity index is 653. The van der Waals surface area contributed by atoms with E-state index in [9.17, 15) is 0 Å². The third kappa shape index (κ3) is 4.63. The van der Waals surface area contributed by atoms with Gasteiger partial charge in [-0.3, -0.25) is 0 Å². The topological polar surface area (TPSA) is 36.9 Å². The molecule has 0 bridgehead atoms. The highest BCUT2D eigenvalue weighted by atomic mass is 35.5. The Hall–Kier alpha value is -0.360. The molecule has 0 amide bonds. The Morgan fingerprint density at radius 2 is 1.52 bits per heavy atom. The largest absolute Gasteiger partial charge is 0.344 e. The molecule has 0 N–H and O–H groups in total. The van der Waals surface area contributed by atoms with Crippen molar-refractivity contribution in [1.82, 2.24) is 0 Å². The zero-order valence-corrected chi connectivity index (χ0v) is 16.4. The van der Waals surface area contributed by atoms with Crippen LogP contribution in [0.5, 0.6) is 0 Å². The molecule has 5 aliphatic rings. The minimum absolute atomic E-state index is 0. The highest BCUT2D eigenvalue weighted by Crippen LogP contribution is 2.54. The lowest BCUT2D eigenvalue weighted by molar-refractivity contribution is -0.144. The molecule has 4 nitrogen and oxygen atoms in total. The van der Waals surface area contributed by atoms with Crippen molar-refractivity contribution in [3.05, 3.63) is 34.4 Å². The van der Waals surface area contributed by atoms with Crippen molar-refractivity contribution in [2.75, 3.05) is 0 Å². The molecule has 5 rings (SSSR count). The first-order valence-corrected chi connectivity index (χ1v) is 9.53. The number of rotatable bonds is 0. The molecule has 3 aliphatic carbocycles. The van der Waals surface area contributed by atoms with Gasteiger partial charge in [-0.05, 0) is 52.0 Å². The van der Waals surface area contributed by atoms with Crippen molar-refractivity contribution in [3.8, 4) is 0 Å². The zero-order valence-electron chi connectivity index (χ0n) is 14.9. The summed E-state index contributed by atoms with van der Waals surface area (Å²) >= 11 is 12.1. The van der Waals surface area contributed by atoms with E-state index in [-0.39, 0.29) is 39.3 Å². The van der Waals surface area contributed by atoms with Gasteiger partial charge < -0.3 is 18.9 Å². The average molecular weight is 419 g/mol. The van der Waals surface area contributed by atoms with Crippen LogP contribution in [0, 0.1) is 11.8 Å². The minimum Gasteiger partial charge on any atom is -0.344 e. The minimum atomic E-state index is -0.516. The van der Waals surface area contributed by atoms with Gasteiger partial charge >= 0.3 is 0 Å². The number of hydrogen-bond acceptors (Lipinski definition) is 4. The number of allylic oxidation sites excluding steroid dienone is 3. The monoisotopic (exact) mass is 418 g/mol. The van der Waals surface area contributed by atoms with Crippen LogP contribution in [0.4, 0.5) is 0 Å². The highest BCUT2D eigenvalue weighted by molar-refractivity contribution is 6.30. The van der Waals surface area contributed by atoms with E-state index in [1.807, 2.05) is 45.9 Å². The van der Waals surface area contributed by atoms with Crippen LogP contribution in [0.15, 0.2) is 34.4 Å². The normalized spacial score (nSPS) is 41.3. The molecule has 3 fully saturated rings. The van der Waals surface area contributed by atoms with Gasteiger partial charge in [0.2, 0.25) is 0 Å². The van der Waals surface area contributed by atoms with Crippen LogP contribution in [0.3, 0.4) is 0 Å². The molecule has 0 radical (unpaired) electrons. The van der Waals surface area contributed by atoms with E-state index in [0.717, 1.165) is 5.03 Å². The predicted molar refractivity (Wildman–Crippen MR) is 110 cm³/mol. The smallest absolute Gasteiger partial charge is 0.164 e. The van der Waals surface area contributed by atoms with Gasteiger partial charge in [-0.1, -0.05) is 56.3 Å². The third-order valence-corrected chi connectivity index (χ3v) is 5.73. The molecule has 0 spiro atoms. The average Bonchev–Trinajstić information content (AvgIpc) is 3.06. The maximum absolute atomic E-state index is 6.12. The van der Waals surface area contributed by atoms with Crippen LogP contribution in [0.25, 0.3) is 0 Å². The van der Waals surface area contributed by atoms with Crippen LogP contribution in [-0.4, -0.2) is 36.0 Å². The SMILES string of the molecule is C.C.CC1(C)O[C@H]2C=CC=C(Cl)[C@H]2O1.CC1(C)O[C@H]2[C@@H]3C[C@@H]3C=C(Cl)[C@H]2O1. The number of hydrogen-bond donors (Lipinski definition) is 0. The lowest BCUT2D eigenvalue weighted by atomic mass is 10.0. The Kier molecular flexibility index (Phi) is 6.63. The first kappa shape index (κ1) is 22.9. The summed E-state index contributed by atoms with van der Waals surface area (Å²) in [4.78, 5) is 0. The number of fused-ring (bicyclic) bond motifs is 4. The molecule has 0 aromatic carbocycles. The molecular formula is C21H32Cl2O4. The van der Waals surface area contributed by atoms with Gasteiger partial charge in [0.15, 0.2) is 11.6 Å². The second-order valence-electron chi connectivity index (χ2n) is 8.09. The molecule has 6 atom stereocenters. The van der Waals surface area contributed by atoms with Crippen molar-refractivity contribution in [3.63, 3.8) is 0 Å². The number of ether oxygens (including phenoxy) is 4. The fraction of sp³-hybridized carbons (Fsp3) is 0.714. The van der Waals surface area contributed by atoms with Crippen LogP contribution in [-0.2, 0) is 18.9 Å². The Morgan fingerprint density at radius 3 is 2.19 bits per heavy atom. The highest BCUT2D eigenvalue weighted by Gasteiger charge is 2.56. The van der Waals surface area contributed by atoms with Crippen molar-refractivity contribution >= 4 is 23.2 Å². The van der Waals surface area contributed by atoms with Crippen molar-refractivity contribution in [1.29, 1.82) is 0 Å². The summed E-state index contributed by atoms with van der Waals surface area (Å²) in [6.45, 7) is 7.69. The fourth-order valence-electron chi connectivity index (χ4n) is 3.92. The summed E-state index contributed by atoms with van der Waals surface area (Å²) < 4.78 is 22.7. The molecule has 0 aromatic heterocycles. The van der Waals surface area contributed by atoms with Crippen LogP contribution < -0.4 is 0 Å². The first-order chi connectivity index (χ1) is 11.7. The molecule has 6 heteroatoms. The molecule has 27 heavy (non-hydrogen) atoms. The summed E-state index contributed by atoms with van der Waals surface area (Å²) in [6, 6.07) is 0. The molecule has 0 unspecified atom stereocenters. The predicted octanol–water partition coefficient (Wildman–Crippen LogP) is 5.75. The van der Waals surface area contributed by atoms with Gasteiger partial charge in [0, 0.05) is 10.1 Å². The molecular weight excluding hydrogens is 387 g/mol. The molecule has 1 saturated carbocycles. The summed E-state index contributed by atoms with van der Waals surface area (Å²) in [5.74, 6) is 0.347. The van der Waals surface area contributed by atoms with Gasteiger partial charge in [0.25, 0.3) is 0 Å². The van der Waals surface area contributed by atoms with Crippen molar-refractivity contribution in [2.24, 2.45) is 11.8 Å². The molecule has 2 aliphatic heterocycles. The van der Waals surface area contributed by atoms with Gasteiger partial charge in [-0.25, -0.2) is 0 Å². The summed E-state index contributed by atoms with van der Waals surface area (Å²) in [7, 11) is 0. The number of halogens is 2. The second-order valence-corrected chi connectivity index (χ2v) is 8.97. The van der Waals surface area contributed by atoms with Gasteiger partial charge in [0.1, 0.15) is 18.3 Å². The molecule has 2 saturated heterocycles. The quantitative estimate of drug-likeness (QED) is 0.501. The second kappa shape index (κ2) is 7.81.